The van der Waals surface area contributed by atoms with Crippen LogP contribution < -0.4 is 10.5 Å². The van der Waals surface area contributed by atoms with Crippen LogP contribution in [0.2, 0.25) is 0 Å². The van der Waals surface area contributed by atoms with Gasteiger partial charge in [0, 0.05) is 30.3 Å². The molecule has 3 aromatic rings. The van der Waals surface area contributed by atoms with Gasteiger partial charge in [0.05, 0.1) is 0 Å². The standard InChI is InChI=1S/C22H28N6O5S/c1-4-28(5-2)9-8-24-34(32,33)19-11-16(17(29)12-18(19)30)15-10-14(7-6-13(15)3)21-25-22(20(23)31)27-26-21/h6-7,10-12,24,29-30H,4-5,8-9H2,1-3H3,(H2,23,31)(H,25,26,27). The maximum atomic E-state index is 12.9. The first-order valence-electron chi connectivity index (χ1n) is 10.7. The number of aryl methyl sites for hydroxylation is 1. The van der Waals surface area contributed by atoms with Crippen LogP contribution in [0, 0.1) is 6.92 Å². The van der Waals surface area contributed by atoms with E-state index in [4.69, 9.17) is 5.73 Å². The molecule has 0 saturated carbocycles. The van der Waals surface area contributed by atoms with E-state index in [9.17, 15) is 23.4 Å². The van der Waals surface area contributed by atoms with Crippen LogP contribution in [0.25, 0.3) is 22.5 Å². The molecule has 0 aliphatic heterocycles. The maximum Gasteiger partial charge on any atom is 0.286 e. The number of aromatic nitrogens is 3. The summed E-state index contributed by atoms with van der Waals surface area (Å²) in [6, 6.07) is 7.34. The molecular weight excluding hydrogens is 460 g/mol. The summed E-state index contributed by atoms with van der Waals surface area (Å²) in [5.41, 5.74) is 7.16. The third-order valence-corrected chi connectivity index (χ3v) is 6.98. The minimum absolute atomic E-state index is 0.103. The number of H-pyrrole nitrogens is 1. The van der Waals surface area contributed by atoms with Gasteiger partial charge >= 0.3 is 0 Å². The van der Waals surface area contributed by atoms with Crippen molar-refractivity contribution in [3.63, 3.8) is 0 Å². The normalized spacial score (nSPS) is 11.8. The molecule has 0 radical (unpaired) electrons. The van der Waals surface area contributed by atoms with Gasteiger partial charge in [-0.1, -0.05) is 26.0 Å². The molecule has 11 nitrogen and oxygen atoms in total. The number of benzene rings is 2. The van der Waals surface area contributed by atoms with Crippen molar-refractivity contribution in [3.8, 4) is 34.0 Å². The number of carbonyl (C=O) groups is 1. The van der Waals surface area contributed by atoms with Gasteiger partial charge in [-0.3, -0.25) is 9.89 Å². The second-order valence-corrected chi connectivity index (χ2v) is 9.40. The van der Waals surface area contributed by atoms with E-state index >= 15 is 0 Å². The van der Waals surface area contributed by atoms with E-state index in [1.54, 1.807) is 25.1 Å². The Hall–Kier alpha value is -3.48. The molecule has 3 rings (SSSR count). The van der Waals surface area contributed by atoms with E-state index in [1.165, 1.54) is 6.07 Å². The smallest absolute Gasteiger partial charge is 0.286 e. The minimum Gasteiger partial charge on any atom is -0.507 e. The van der Waals surface area contributed by atoms with E-state index in [1.807, 2.05) is 13.8 Å². The molecule has 0 aliphatic carbocycles. The topological polar surface area (TPSA) is 175 Å². The molecule has 0 spiro atoms. The summed E-state index contributed by atoms with van der Waals surface area (Å²) in [6.07, 6.45) is 0. The number of hydrogen-bond donors (Lipinski definition) is 5. The van der Waals surface area contributed by atoms with E-state index < -0.39 is 21.7 Å². The zero-order valence-corrected chi connectivity index (χ0v) is 20.0. The average molecular weight is 489 g/mol. The largest absolute Gasteiger partial charge is 0.507 e. The fourth-order valence-corrected chi connectivity index (χ4v) is 4.62. The van der Waals surface area contributed by atoms with Gasteiger partial charge in [-0.25, -0.2) is 18.1 Å². The van der Waals surface area contributed by atoms with Crippen molar-refractivity contribution in [2.45, 2.75) is 25.7 Å². The molecule has 34 heavy (non-hydrogen) atoms. The lowest BCUT2D eigenvalue weighted by Gasteiger charge is -2.18. The van der Waals surface area contributed by atoms with Gasteiger partial charge in [-0.05, 0) is 43.3 Å². The molecule has 12 heteroatoms. The van der Waals surface area contributed by atoms with Crippen LogP contribution >= 0.6 is 0 Å². The molecule has 1 aromatic heterocycles. The Bertz CT molecular complexity index is 1300. The number of aromatic amines is 1. The maximum absolute atomic E-state index is 12.9. The third kappa shape index (κ3) is 5.35. The van der Waals surface area contributed by atoms with Gasteiger partial charge in [0.2, 0.25) is 15.8 Å². The highest BCUT2D eigenvalue weighted by Gasteiger charge is 2.23. The highest BCUT2D eigenvalue weighted by Crippen LogP contribution is 2.39. The number of rotatable bonds is 10. The summed E-state index contributed by atoms with van der Waals surface area (Å²) in [6.45, 7) is 8.01. The molecule has 1 amide bonds. The number of phenolic OH excluding ortho intramolecular Hbond substituents is 2. The number of hydrogen-bond acceptors (Lipinski definition) is 8. The number of carbonyl (C=O) groups excluding carboxylic acids is 1. The highest BCUT2D eigenvalue weighted by molar-refractivity contribution is 7.89. The first kappa shape index (κ1) is 25.1. The number of likely N-dealkylation sites (N-methyl/N-ethyl adjacent to an activating group) is 1. The molecular formula is C22H28N6O5S. The zero-order chi connectivity index (χ0) is 25.0. The molecule has 6 N–H and O–H groups in total. The van der Waals surface area contributed by atoms with Crippen molar-refractivity contribution in [2.75, 3.05) is 26.2 Å². The Morgan fingerprint density at radius 2 is 1.82 bits per heavy atom. The van der Waals surface area contributed by atoms with Crippen LogP contribution in [0.15, 0.2) is 35.2 Å². The van der Waals surface area contributed by atoms with E-state index in [2.05, 4.69) is 24.8 Å². The average Bonchev–Trinajstić information content (AvgIpc) is 3.28. The Kier molecular flexibility index (Phi) is 7.54. The SMILES string of the molecule is CCN(CC)CCNS(=O)(=O)c1cc(-c2cc(-c3n[nH]c(C(N)=O)n3)ccc2C)c(O)cc1O. The third-order valence-electron chi connectivity index (χ3n) is 5.49. The summed E-state index contributed by atoms with van der Waals surface area (Å²) in [4.78, 5) is 17.1. The lowest BCUT2D eigenvalue weighted by Crippen LogP contribution is -2.34. The molecule has 2 aromatic carbocycles. The number of sulfonamides is 1. The predicted molar refractivity (Wildman–Crippen MR) is 127 cm³/mol. The number of phenols is 2. The molecule has 0 unspecified atom stereocenters. The quantitative estimate of drug-likeness (QED) is 0.286. The lowest BCUT2D eigenvalue weighted by atomic mass is 9.97. The first-order chi connectivity index (χ1) is 16.1. The van der Waals surface area contributed by atoms with Gasteiger partial charge < -0.3 is 20.8 Å². The second-order valence-electron chi connectivity index (χ2n) is 7.66. The molecule has 0 saturated heterocycles. The fraction of sp³-hybridized carbons (Fsp3) is 0.318. The Morgan fingerprint density at radius 3 is 2.44 bits per heavy atom. The van der Waals surface area contributed by atoms with Gasteiger partial charge in [-0.15, -0.1) is 0 Å². The van der Waals surface area contributed by atoms with E-state index in [0.29, 0.717) is 17.7 Å². The van der Waals surface area contributed by atoms with E-state index in [0.717, 1.165) is 24.7 Å². The van der Waals surface area contributed by atoms with Crippen molar-refractivity contribution < 1.29 is 23.4 Å². The van der Waals surface area contributed by atoms with Crippen molar-refractivity contribution >= 4 is 15.9 Å². The molecule has 182 valence electrons. The molecule has 0 fully saturated rings. The van der Waals surface area contributed by atoms with Crippen LogP contribution in [-0.4, -0.2) is 70.8 Å². The first-order valence-corrected chi connectivity index (χ1v) is 12.2. The van der Waals surface area contributed by atoms with Gasteiger partial charge in [0.1, 0.15) is 16.4 Å². The predicted octanol–water partition coefficient (Wildman–Crippen LogP) is 1.58. The Balaban J connectivity index is 1.99. The Labute approximate surface area is 197 Å². The molecule has 0 bridgehead atoms. The van der Waals surface area contributed by atoms with Crippen LogP contribution in [0.5, 0.6) is 11.5 Å². The molecule has 0 atom stereocenters. The number of primary amides is 1. The van der Waals surface area contributed by atoms with Gasteiger partial charge in [0.15, 0.2) is 5.82 Å². The monoisotopic (exact) mass is 488 g/mol. The summed E-state index contributed by atoms with van der Waals surface area (Å²) in [5.74, 6) is -1.52. The van der Waals surface area contributed by atoms with E-state index in [-0.39, 0.29) is 34.4 Å². The summed E-state index contributed by atoms with van der Waals surface area (Å²) >= 11 is 0. The molecule has 1 heterocycles. The lowest BCUT2D eigenvalue weighted by molar-refractivity contribution is 0.0991. The van der Waals surface area contributed by atoms with Crippen LogP contribution in [0.3, 0.4) is 0 Å². The molecule has 0 aliphatic rings. The summed E-state index contributed by atoms with van der Waals surface area (Å²) in [7, 11) is -4.05. The number of nitrogens with one attached hydrogen (secondary N) is 2. The van der Waals surface area contributed by atoms with Crippen LogP contribution in [-0.2, 0) is 10.0 Å². The number of amides is 1. The number of nitrogens with zero attached hydrogens (tertiary/aromatic N) is 3. The van der Waals surface area contributed by atoms with Gasteiger partial charge in [0.25, 0.3) is 5.91 Å². The zero-order valence-electron chi connectivity index (χ0n) is 19.2. The summed E-state index contributed by atoms with van der Waals surface area (Å²) in [5, 5.41) is 27.3. The van der Waals surface area contributed by atoms with Gasteiger partial charge in [-0.2, -0.15) is 5.10 Å². The fourth-order valence-electron chi connectivity index (χ4n) is 3.50. The minimum atomic E-state index is -4.05. The number of nitrogens with two attached hydrogens (primary N) is 1. The van der Waals surface area contributed by atoms with Crippen molar-refractivity contribution in [2.24, 2.45) is 5.73 Å². The van der Waals surface area contributed by atoms with Crippen molar-refractivity contribution in [1.29, 1.82) is 0 Å². The van der Waals surface area contributed by atoms with Crippen molar-refractivity contribution in [3.05, 3.63) is 41.7 Å². The van der Waals surface area contributed by atoms with Crippen molar-refractivity contribution in [1.82, 2.24) is 24.8 Å². The number of aromatic hydroxyl groups is 2. The van der Waals surface area contributed by atoms with Crippen LogP contribution in [0.4, 0.5) is 0 Å². The highest BCUT2D eigenvalue weighted by atomic mass is 32.2. The van der Waals surface area contributed by atoms with Crippen LogP contribution in [0.1, 0.15) is 30.0 Å². The summed E-state index contributed by atoms with van der Waals surface area (Å²) < 4.78 is 28.3. The Morgan fingerprint density at radius 1 is 1.12 bits per heavy atom. The second kappa shape index (κ2) is 10.2.